The molecule has 2 heterocycles. The molecule has 0 radical (unpaired) electrons. The van der Waals surface area contributed by atoms with Gasteiger partial charge in [-0.25, -0.2) is 8.42 Å². The number of sulfonamides is 1. The van der Waals surface area contributed by atoms with E-state index in [2.05, 4.69) is 5.32 Å². The van der Waals surface area contributed by atoms with Crippen LogP contribution in [0.25, 0.3) is 10.9 Å². The predicted octanol–water partition coefficient (Wildman–Crippen LogP) is 3.99. The number of aryl methyl sites for hydroxylation is 2. The zero-order valence-corrected chi connectivity index (χ0v) is 20.0. The molecule has 1 aliphatic rings. The molecule has 1 aromatic heterocycles. The second-order valence-electron chi connectivity index (χ2n) is 8.66. The topological polar surface area (TPSA) is 88.5 Å². The molecule has 1 atom stereocenters. The van der Waals surface area contributed by atoms with Crippen molar-refractivity contribution in [3.63, 3.8) is 0 Å². The first-order valence-electron chi connectivity index (χ1n) is 11.2. The smallest absolute Gasteiger partial charge is 0.252 e. The number of pyridine rings is 1. The monoisotopic (exact) mass is 467 g/mol. The molecule has 0 bridgehead atoms. The molecule has 0 spiro atoms. The van der Waals surface area contributed by atoms with Crippen LogP contribution in [0, 0.1) is 13.8 Å². The summed E-state index contributed by atoms with van der Waals surface area (Å²) < 4.78 is 28.7. The number of rotatable bonds is 5. The van der Waals surface area contributed by atoms with Gasteiger partial charge in [-0.1, -0.05) is 24.6 Å². The van der Waals surface area contributed by atoms with Crippen molar-refractivity contribution in [2.75, 3.05) is 18.4 Å². The van der Waals surface area contributed by atoms with Crippen LogP contribution in [0.1, 0.15) is 43.4 Å². The number of aromatic nitrogens is 1. The lowest BCUT2D eigenvalue weighted by atomic mass is 10.1. The highest BCUT2D eigenvalue weighted by Crippen LogP contribution is 2.25. The Bertz CT molecular complexity index is 1350. The Morgan fingerprint density at radius 2 is 1.64 bits per heavy atom. The number of para-hydroxylation sites is 1. The molecule has 1 aliphatic heterocycles. The Labute approximate surface area is 194 Å². The molecule has 4 rings (SSSR count). The summed E-state index contributed by atoms with van der Waals surface area (Å²) in [6, 6.07) is 12.8. The molecular weight excluding hydrogens is 438 g/mol. The number of nitrogens with zero attached hydrogens (tertiary/aromatic N) is 2. The van der Waals surface area contributed by atoms with E-state index in [9.17, 15) is 18.0 Å². The van der Waals surface area contributed by atoms with E-state index in [1.165, 1.54) is 21.0 Å². The Balaban J connectivity index is 1.58. The van der Waals surface area contributed by atoms with Crippen molar-refractivity contribution >= 4 is 32.5 Å². The summed E-state index contributed by atoms with van der Waals surface area (Å²) in [5, 5.41) is 3.75. The number of anilines is 1. The van der Waals surface area contributed by atoms with E-state index in [0.29, 0.717) is 18.8 Å². The van der Waals surface area contributed by atoms with Crippen molar-refractivity contribution in [1.82, 2.24) is 8.87 Å². The van der Waals surface area contributed by atoms with Crippen molar-refractivity contribution < 1.29 is 13.2 Å². The van der Waals surface area contributed by atoms with Crippen LogP contribution in [0.4, 0.5) is 5.69 Å². The van der Waals surface area contributed by atoms with Gasteiger partial charge in [0.1, 0.15) is 6.04 Å². The van der Waals surface area contributed by atoms with Gasteiger partial charge in [-0.2, -0.15) is 4.31 Å². The van der Waals surface area contributed by atoms with Gasteiger partial charge in [0.2, 0.25) is 15.9 Å². The van der Waals surface area contributed by atoms with Crippen LogP contribution >= 0.6 is 0 Å². The van der Waals surface area contributed by atoms with Crippen molar-refractivity contribution in [3.8, 4) is 0 Å². The lowest BCUT2D eigenvalue weighted by molar-refractivity contribution is -0.118. The van der Waals surface area contributed by atoms with Crippen molar-refractivity contribution in [3.05, 3.63) is 70.0 Å². The number of nitrogens with one attached hydrogen (secondary N) is 1. The van der Waals surface area contributed by atoms with E-state index in [4.69, 9.17) is 0 Å². The molecule has 1 saturated heterocycles. The molecule has 2 aromatic carbocycles. The van der Waals surface area contributed by atoms with E-state index < -0.39 is 16.1 Å². The number of benzene rings is 2. The number of carbonyl (C=O) groups is 1. The fourth-order valence-corrected chi connectivity index (χ4v) is 5.97. The first-order chi connectivity index (χ1) is 15.7. The number of hydrogen-bond donors (Lipinski definition) is 1. The highest BCUT2D eigenvalue weighted by atomic mass is 32.2. The molecular formula is C25H29N3O4S. The molecule has 7 nitrogen and oxygen atoms in total. The fraction of sp³-hybridized carbons (Fsp3) is 0.360. The second-order valence-corrected chi connectivity index (χ2v) is 10.6. The third kappa shape index (κ3) is 4.45. The number of piperidine rings is 1. The highest BCUT2D eigenvalue weighted by molar-refractivity contribution is 7.89. The van der Waals surface area contributed by atoms with Crippen LogP contribution in [0.15, 0.2) is 58.2 Å². The molecule has 1 fully saturated rings. The largest absolute Gasteiger partial charge is 0.324 e. The first kappa shape index (κ1) is 23.2. The number of fused-ring (bicyclic) bond motifs is 1. The van der Waals surface area contributed by atoms with Gasteiger partial charge in [0.25, 0.3) is 5.56 Å². The molecule has 1 amide bonds. The Hall–Kier alpha value is -2.97. The third-order valence-corrected chi connectivity index (χ3v) is 8.24. The highest BCUT2D eigenvalue weighted by Gasteiger charge is 2.26. The van der Waals surface area contributed by atoms with Crippen LogP contribution in [0.3, 0.4) is 0 Å². The predicted molar refractivity (Wildman–Crippen MR) is 130 cm³/mol. The molecule has 174 valence electrons. The van der Waals surface area contributed by atoms with Gasteiger partial charge in [0, 0.05) is 30.2 Å². The van der Waals surface area contributed by atoms with Crippen LogP contribution in [0.5, 0.6) is 0 Å². The van der Waals surface area contributed by atoms with Crippen LogP contribution in [-0.4, -0.2) is 36.3 Å². The Morgan fingerprint density at radius 1 is 0.970 bits per heavy atom. The van der Waals surface area contributed by atoms with Crippen molar-refractivity contribution in [2.45, 2.75) is 51.0 Å². The lowest BCUT2D eigenvalue weighted by Crippen LogP contribution is -2.35. The maximum Gasteiger partial charge on any atom is 0.252 e. The van der Waals surface area contributed by atoms with Crippen molar-refractivity contribution in [2.24, 2.45) is 0 Å². The van der Waals surface area contributed by atoms with Gasteiger partial charge < -0.3 is 5.32 Å². The summed E-state index contributed by atoms with van der Waals surface area (Å²) in [6.07, 6.45) is 2.80. The normalized spacial score (nSPS) is 16.0. The second kappa shape index (κ2) is 9.11. The SMILES string of the molecule is Cc1cc(=O)n(C(C)C(=O)Nc2ccc(S(=O)(=O)N3CCCCC3)cc2)c2c(C)cccc12. The number of amides is 1. The maximum absolute atomic E-state index is 13.0. The maximum atomic E-state index is 13.0. The van der Waals surface area contributed by atoms with Gasteiger partial charge in [-0.05, 0) is 69.0 Å². The molecule has 0 aliphatic carbocycles. The summed E-state index contributed by atoms with van der Waals surface area (Å²) in [5.41, 5.74) is 2.77. The van der Waals surface area contributed by atoms with Gasteiger partial charge in [0.15, 0.2) is 0 Å². The fourth-order valence-electron chi connectivity index (χ4n) is 4.45. The summed E-state index contributed by atoms with van der Waals surface area (Å²) >= 11 is 0. The minimum Gasteiger partial charge on any atom is -0.324 e. The van der Waals surface area contributed by atoms with E-state index in [0.717, 1.165) is 41.3 Å². The van der Waals surface area contributed by atoms with E-state index in [-0.39, 0.29) is 16.4 Å². The zero-order chi connectivity index (χ0) is 23.8. The molecule has 3 aromatic rings. The zero-order valence-electron chi connectivity index (χ0n) is 19.2. The number of hydrogen-bond acceptors (Lipinski definition) is 4. The molecule has 1 unspecified atom stereocenters. The van der Waals surface area contributed by atoms with E-state index in [1.807, 2.05) is 32.0 Å². The van der Waals surface area contributed by atoms with E-state index >= 15 is 0 Å². The third-order valence-electron chi connectivity index (χ3n) is 6.32. The van der Waals surface area contributed by atoms with Crippen molar-refractivity contribution in [1.29, 1.82) is 0 Å². The minimum absolute atomic E-state index is 0.215. The molecule has 0 saturated carbocycles. The number of carbonyl (C=O) groups excluding carboxylic acids is 1. The van der Waals surface area contributed by atoms with Gasteiger partial charge in [0.05, 0.1) is 10.4 Å². The Morgan fingerprint density at radius 3 is 2.30 bits per heavy atom. The quantitative estimate of drug-likeness (QED) is 0.614. The minimum atomic E-state index is -3.53. The van der Waals surface area contributed by atoms with E-state index in [1.54, 1.807) is 25.1 Å². The van der Waals surface area contributed by atoms with Crippen LogP contribution in [-0.2, 0) is 14.8 Å². The Kier molecular flexibility index (Phi) is 6.41. The van der Waals surface area contributed by atoms with Gasteiger partial charge >= 0.3 is 0 Å². The average Bonchev–Trinajstić information content (AvgIpc) is 2.80. The molecule has 33 heavy (non-hydrogen) atoms. The van der Waals surface area contributed by atoms with Crippen LogP contribution < -0.4 is 10.9 Å². The summed E-state index contributed by atoms with van der Waals surface area (Å²) in [5.74, 6) is -0.350. The summed E-state index contributed by atoms with van der Waals surface area (Å²) in [6.45, 7) is 6.57. The molecule has 1 N–H and O–H groups in total. The standard InChI is InChI=1S/C25H29N3O4S/c1-17-8-7-9-22-18(2)16-23(29)28(24(17)22)19(3)25(30)26-20-10-12-21(13-11-20)33(31,32)27-14-5-4-6-15-27/h7-13,16,19H,4-6,14-15H2,1-3H3,(H,26,30). The molecule has 8 heteroatoms. The van der Waals surface area contributed by atoms with Gasteiger partial charge in [-0.15, -0.1) is 0 Å². The summed E-state index contributed by atoms with van der Waals surface area (Å²) in [4.78, 5) is 26.1. The lowest BCUT2D eigenvalue weighted by Gasteiger charge is -2.26. The first-order valence-corrected chi connectivity index (χ1v) is 12.7. The van der Waals surface area contributed by atoms with Crippen LogP contribution in [0.2, 0.25) is 0 Å². The summed E-state index contributed by atoms with van der Waals surface area (Å²) in [7, 11) is -3.53. The van der Waals surface area contributed by atoms with Gasteiger partial charge in [-0.3, -0.25) is 14.2 Å². The average molecular weight is 468 g/mol.